The lowest BCUT2D eigenvalue weighted by Crippen LogP contribution is -2.19. The van der Waals surface area contributed by atoms with Crippen molar-refractivity contribution in [2.75, 3.05) is 18.4 Å². The first-order valence-corrected chi connectivity index (χ1v) is 6.65. The lowest BCUT2D eigenvalue weighted by atomic mass is 10.0. The van der Waals surface area contributed by atoms with E-state index in [9.17, 15) is 4.79 Å². The largest absolute Gasteiger partial charge is 0.323 e. The smallest absolute Gasteiger partial charge is 0.224 e. The fourth-order valence-corrected chi connectivity index (χ4v) is 2.67. The number of hydrogen-bond donors (Lipinski definition) is 2. The van der Waals surface area contributed by atoms with Crippen LogP contribution in [0.5, 0.6) is 0 Å². The standard InChI is InChI=1S/C12H15Cl2N3O/c1-7-4-9(13)16-12(14)11(7)17-10(18)5-8-2-3-15-6-8/h4,8,15H,2-3,5-6H2,1H3,(H,17,18). The molecule has 1 saturated heterocycles. The number of amides is 1. The van der Waals surface area contributed by atoms with Gasteiger partial charge in [0, 0.05) is 6.42 Å². The molecule has 0 bridgehead atoms. The zero-order valence-corrected chi connectivity index (χ0v) is 11.6. The van der Waals surface area contributed by atoms with Gasteiger partial charge in [-0.25, -0.2) is 4.98 Å². The van der Waals surface area contributed by atoms with Gasteiger partial charge in [-0.3, -0.25) is 4.79 Å². The lowest BCUT2D eigenvalue weighted by molar-refractivity contribution is -0.116. The van der Waals surface area contributed by atoms with E-state index >= 15 is 0 Å². The number of anilines is 1. The lowest BCUT2D eigenvalue weighted by Gasteiger charge is -2.12. The van der Waals surface area contributed by atoms with E-state index in [0.29, 0.717) is 23.2 Å². The van der Waals surface area contributed by atoms with E-state index in [0.717, 1.165) is 25.1 Å². The minimum absolute atomic E-state index is 0.0298. The van der Waals surface area contributed by atoms with Crippen LogP contribution in [-0.2, 0) is 4.79 Å². The second-order valence-electron chi connectivity index (χ2n) is 4.54. The first-order valence-electron chi connectivity index (χ1n) is 5.89. The maximum Gasteiger partial charge on any atom is 0.224 e. The maximum atomic E-state index is 11.9. The first kappa shape index (κ1) is 13.6. The van der Waals surface area contributed by atoms with Crippen molar-refractivity contribution in [3.8, 4) is 0 Å². The molecule has 1 aliphatic heterocycles. The summed E-state index contributed by atoms with van der Waals surface area (Å²) in [5, 5.41) is 6.61. The normalized spacial score (nSPS) is 18.9. The van der Waals surface area contributed by atoms with Crippen LogP contribution in [-0.4, -0.2) is 24.0 Å². The van der Waals surface area contributed by atoms with Crippen LogP contribution < -0.4 is 10.6 Å². The van der Waals surface area contributed by atoms with Gasteiger partial charge in [-0.15, -0.1) is 0 Å². The Bertz CT molecular complexity index is 436. The quantitative estimate of drug-likeness (QED) is 0.841. The SMILES string of the molecule is Cc1cc(Cl)nc(Cl)c1NC(=O)CC1CCNC1. The van der Waals surface area contributed by atoms with Gasteiger partial charge in [-0.05, 0) is 44.0 Å². The Kier molecular flexibility index (Phi) is 4.43. The molecule has 1 aromatic heterocycles. The molecule has 0 aromatic carbocycles. The third-order valence-corrected chi connectivity index (χ3v) is 3.51. The fraction of sp³-hybridized carbons (Fsp3) is 0.500. The van der Waals surface area contributed by atoms with Gasteiger partial charge in [0.2, 0.25) is 5.91 Å². The molecule has 18 heavy (non-hydrogen) atoms. The first-order chi connectivity index (χ1) is 8.56. The Balaban J connectivity index is 2.02. The van der Waals surface area contributed by atoms with Gasteiger partial charge >= 0.3 is 0 Å². The molecule has 2 heterocycles. The van der Waals surface area contributed by atoms with Crippen LogP contribution >= 0.6 is 23.2 Å². The summed E-state index contributed by atoms with van der Waals surface area (Å²) < 4.78 is 0. The van der Waals surface area contributed by atoms with Crippen LogP contribution in [0, 0.1) is 12.8 Å². The zero-order valence-electron chi connectivity index (χ0n) is 10.1. The highest BCUT2D eigenvalue weighted by atomic mass is 35.5. The number of aryl methyl sites for hydroxylation is 1. The average molecular weight is 288 g/mol. The molecule has 1 amide bonds. The van der Waals surface area contributed by atoms with E-state index in [1.165, 1.54) is 0 Å². The minimum atomic E-state index is -0.0298. The number of rotatable bonds is 3. The molecule has 1 unspecified atom stereocenters. The van der Waals surface area contributed by atoms with E-state index in [1.807, 2.05) is 6.92 Å². The molecule has 0 spiro atoms. The molecule has 0 radical (unpaired) electrons. The topological polar surface area (TPSA) is 54.0 Å². The molecule has 2 rings (SSSR count). The number of nitrogens with zero attached hydrogens (tertiary/aromatic N) is 1. The molecule has 6 heteroatoms. The maximum absolute atomic E-state index is 11.9. The van der Waals surface area contributed by atoms with Gasteiger partial charge in [-0.2, -0.15) is 0 Å². The van der Waals surface area contributed by atoms with Crippen molar-refractivity contribution in [1.82, 2.24) is 10.3 Å². The van der Waals surface area contributed by atoms with Gasteiger partial charge in [-0.1, -0.05) is 23.2 Å². The molecular formula is C12H15Cl2N3O. The minimum Gasteiger partial charge on any atom is -0.323 e. The Morgan fingerprint density at radius 3 is 3.00 bits per heavy atom. The van der Waals surface area contributed by atoms with Crippen molar-refractivity contribution in [2.24, 2.45) is 5.92 Å². The van der Waals surface area contributed by atoms with Gasteiger partial charge in [0.15, 0.2) is 5.15 Å². The van der Waals surface area contributed by atoms with E-state index < -0.39 is 0 Å². The number of hydrogen-bond acceptors (Lipinski definition) is 3. The molecule has 98 valence electrons. The molecule has 1 aromatic rings. The summed E-state index contributed by atoms with van der Waals surface area (Å²) in [6, 6.07) is 1.68. The second-order valence-corrected chi connectivity index (χ2v) is 5.28. The number of carbonyl (C=O) groups is 1. The summed E-state index contributed by atoms with van der Waals surface area (Å²) in [5.74, 6) is 0.377. The van der Waals surface area contributed by atoms with Gasteiger partial charge in [0.25, 0.3) is 0 Å². The summed E-state index contributed by atoms with van der Waals surface area (Å²) in [7, 11) is 0. The van der Waals surface area contributed by atoms with Crippen molar-refractivity contribution in [3.63, 3.8) is 0 Å². The van der Waals surface area contributed by atoms with Crippen molar-refractivity contribution in [2.45, 2.75) is 19.8 Å². The summed E-state index contributed by atoms with van der Waals surface area (Å²) >= 11 is 11.8. The van der Waals surface area contributed by atoms with Crippen molar-refractivity contribution < 1.29 is 4.79 Å². The van der Waals surface area contributed by atoms with E-state index in [2.05, 4.69) is 15.6 Å². The fourth-order valence-electron chi connectivity index (χ4n) is 2.09. The van der Waals surface area contributed by atoms with Gasteiger partial charge in [0.05, 0.1) is 5.69 Å². The highest BCUT2D eigenvalue weighted by Gasteiger charge is 2.19. The zero-order chi connectivity index (χ0) is 13.1. The Morgan fingerprint density at radius 2 is 2.39 bits per heavy atom. The third kappa shape index (κ3) is 3.34. The summed E-state index contributed by atoms with van der Waals surface area (Å²) in [6.45, 7) is 3.73. The monoisotopic (exact) mass is 287 g/mol. The van der Waals surface area contributed by atoms with Crippen LogP contribution in [0.15, 0.2) is 6.07 Å². The molecule has 1 fully saturated rings. The van der Waals surface area contributed by atoms with Gasteiger partial charge in [0.1, 0.15) is 5.15 Å². The van der Waals surface area contributed by atoms with Crippen molar-refractivity contribution in [3.05, 3.63) is 21.9 Å². The van der Waals surface area contributed by atoms with Crippen LogP contribution in [0.1, 0.15) is 18.4 Å². The van der Waals surface area contributed by atoms with E-state index in [-0.39, 0.29) is 11.1 Å². The molecule has 0 aliphatic carbocycles. The van der Waals surface area contributed by atoms with E-state index in [4.69, 9.17) is 23.2 Å². The number of halogens is 2. The number of carbonyl (C=O) groups excluding carboxylic acids is 1. The van der Waals surface area contributed by atoms with Crippen LogP contribution in [0.3, 0.4) is 0 Å². The highest BCUT2D eigenvalue weighted by molar-refractivity contribution is 6.34. The molecular weight excluding hydrogens is 273 g/mol. The van der Waals surface area contributed by atoms with Gasteiger partial charge < -0.3 is 10.6 Å². The van der Waals surface area contributed by atoms with E-state index in [1.54, 1.807) is 6.07 Å². The molecule has 0 saturated carbocycles. The number of aromatic nitrogens is 1. The Hall–Kier alpha value is -0.840. The summed E-state index contributed by atoms with van der Waals surface area (Å²) in [6.07, 6.45) is 1.55. The molecule has 2 N–H and O–H groups in total. The number of nitrogens with one attached hydrogen (secondary N) is 2. The summed E-state index contributed by atoms with van der Waals surface area (Å²) in [4.78, 5) is 15.8. The molecule has 1 aliphatic rings. The Labute approximate surface area is 116 Å². The predicted octanol–water partition coefficient (Wildman–Crippen LogP) is 2.63. The second kappa shape index (κ2) is 5.87. The van der Waals surface area contributed by atoms with Crippen LogP contribution in [0.4, 0.5) is 5.69 Å². The average Bonchev–Trinajstić information content (AvgIpc) is 2.76. The van der Waals surface area contributed by atoms with Crippen LogP contribution in [0.2, 0.25) is 10.3 Å². The number of pyridine rings is 1. The summed E-state index contributed by atoms with van der Waals surface area (Å²) in [5.41, 5.74) is 1.37. The predicted molar refractivity (Wildman–Crippen MR) is 73.2 cm³/mol. The Morgan fingerprint density at radius 1 is 1.61 bits per heavy atom. The van der Waals surface area contributed by atoms with Crippen molar-refractivity contribution >= 4 is 34.8 Å². The van der Waals surface area contributed by atoms with Crippen molar-refractivity contribution in [1.29, 1.82) is 0 Å². The third-order valence-electron chi connectivity index (χ3n) is 3.04. The molecule has 4 nitrogen and oxygen atoms in total. The van der Waals surface area contributed by atoms with Crippen LogP contribution in [0.25, 0.3) is 0 Å². The molecule has 1 atom stereocenters. The highest BCUT2D eigenvalue weighted by Crippen LogP contribution is 2.27.